The Bertz CT molecular complexity index is 487. The van der Waals surface area contributed by atoms with E-state index in [4.69, 9.17) is 5.73 Å². The van der Waals surface area contributed by atoms with Gasteiger partial charge in [-0.05, 0) is 11.6 Å². The SMILES string of the molecule is NCC(SCc1ccccc1)c1ccccc1F. The topological polar surface area (TPSA) is 26.0 Å². The van der Waals surface area contributed by atoms with Crippen molar-refractivity contribution in [2.24, 2.45) is 5.73 Å². The third-order valence-electron chi connectivity index (χ3n) is 2.76. The van der Waals surface area contributed by atoms with Crippen LogP contribution in [0, 0.1) is 5.82 Å². The van der Waals surface area contributed by atoms with Gasteiger partial charge in [0.15, 0.2) is 0 Å². The number of nitrogens with two attached hydrogens (primary N) is 1. The number of thioether (sulfide) groups is 1. The maximum absolute atomic E-state index is 13.7. The largest absolute Gasteiger partial charge is 0.329 e. The summed E-state index contributed by atoms with van der Waals surface area (Å²) in [5.41, 5.74) is 7.68. The minimum atomic E-state index is -0.173. The van der Waals surface area contributed by atoms with Crippen LogP contribution in [0.4, 0.5) is 4.39 Å². The highest BCUT2D eigenvalue weighted by Crippen LogP contribution is 2.31. The van der Waals surface area contributed by atoms with Crippen molar-refractivity contribution in [3.63, 3.8) is 0 Å². The molecule has 0 amide bonds. The van der Waals surface area contributed by atoms with Crippen molar-refractivity contribution < 1.29 is 4.39 Å². The van der Waals surface area contributed by atoms with E-state index < -0.39 is 0 Å². The summed E-state index contributed by atoms with van der Waals surface area (Å²) in [5, 5.41) is 0.00593. The van der Waals surface area contributed by atoms with Gasteiger partial charge < -0.3 is 5.73 Å². The molecule has 2 aromatic rings. The highest BCUT2D eigenvalue weighted by molar-refractivity contribution is 7.98. The second kappa shape index (κ2) is 6.57. The van der Waals surface area contributed by atoms with Gasteiger partial charge in [0, 0.05) is 23.1 Å². The van der Waals surface area contributed by atoms with Gasteiger partial charge in [0.25, 0.3) is 0 Å². The molecule has 0 aliphatic carbocycles. The predicted octanol–water partition coefficient (Wildman–Crippen LogP) is 3.76. The van der Waals surface area contributed by atoms with Crippen LogP contribution in [0.5, 0.6) is 0 Å². The summed E-state index contributed by atoms with van der Waals surface area (Å²) in [5.74, 6) is 0.672. The second-order valence-electron chi connectivity index (χ2n) is 4.04. The van der Waals surface area contributed by atoms with Crippen LogP contribution in [0.3, 0.4) is 0 Å². The van der Waals surface area contributed by atoms with Crippen molar-refractivity contribution >= 4 is 11.8 Å². The lowest BCUT2D eigenvalue weighted by molar-refractivity contribution is 0.608. The molecule has 0 saturated heterocycles. The Labute approximate surface area is 111 Å². The zero-order valence-corrected chi connectivity index (χ0v) is 10.9. The normalized spacial score (nSPS) is 12.3. The maximum atomic E-state index is 13.7. The fourth-order valence-corrected chi connectivity index (χ4v) is 2.88. The first-order valence-electron chi connectivity index (χ1n) is 5.91. The van der Waals surface area contributed by atoms with E-state index in [-0.39, 0.29) is 11.1 Å². The van der Waals surface area contributed by atoms with Gasteiger partial charge in [-0.25, -0.2) is 4.39 Å². The van der Waals surface area contributed by atoms with E-state index in [0.717, 1.165) is 5.75 Å². The minimum Gasteiger partial charge on any atom is -0.329 e. The van der Waals surface area contributed by atoms with Crippen LogP contribution in [0.2, 0.25) is 0 Å². The van der Waals surface area contributed by atoms with Gasteiger partial charge >= 0.3 is 0 Å². The lowest BCUT2D eigenvalue weighted by Gasteiger charge is -2.15. The van der Waals surface area contributed by atoms with Gasteiger partial charge in [-0.15, -0.1) is 11.8 Å². The average molecular weight is 261 g/mol. The molecule has 0 fully saturated rings. The Morgan fingerprint density at radius 3 is 2.33 bits per heavy atom. The third kappa shape index (κ3) is 3.34. The molecule has 0 heterocycles. The number of hydrogen-bond donors (Lipinski definition) is 1. The summed E-state index contributed by atoms with van der Waals surface area (Å²) < 4.78 is 13.7. The molecule has 2 N–H and O–H groups in total. The molecule has 2 rings (SSSR count). The highest BCUT2D eigenvalue weighted by Gasteiger charge is 2.14. The van der Waals surface area contributed by atoms with E-state index in [9.17, 15) is 4.39 Å². The van der Waals surface area contributed by atoms with Gasteiger partial charge in [0.05, 0.1) is 0 Å². The van der Waals surface area contributed by atoms with Crippen molar-refractivity contribution in [1.29, 1.82) is 0 Å². The van der Waals surface area contributed by atoms with Crippen LogP contribution < -0.4 is 5.73 Å². The molecule has 0 bridgehead atoms. The van der Waals surface area contributed by atoms with E-state index in [1.165, 1.54) is 11.6 Å². The molecule has 0 radical (unpaired) electrons. The van der Waals surface area contributed by atoms with Crippen molar-refractivity contribution in [3.05, 3.63) is 71.5 Å². The molecular weight excluding hydrogens is 245 g/mol. The summed E-state index contributed by atoms with van der Waals surface area (Å²) >= 11 is 1.68. The Kier molecular flexibility index (Phi) is 4.79. The highest BCUT2D eigenvalue weighted by atomic mass is 32.2. The van der Waals surface area contributed by atoms with E-state index in [1.807, 2.05) is 30.3 Å². The quantitative estimate of drug-likeness (QED) is 0.887. The third-order valence-corrected chi connectivity index (χ3v) is 4.11. The van der Waals surface area contributed by atoms with Crippen molar-refractivity contribution in [1.82, 2.24) is 0 Å². The molecule has 0 aliphatic rings. The summed E-state index contributed by atoms with van der Waals surface area (Å²) in [4.78, 5) is 0. The number of rotatable bonds is 5. The smallest absolute Gasteiger partial charge is 0.127 e. The summed E-state index contributed by atoms with van der Waals surface area (Å²) in [6.45, 7) is 0.443. The van der Waals surface area contributed by atoms with Gasteiger partial charge in [-0.3, -0.25) is 0 Å². The minimum absolute atomic E-state index is 0.00593. The summed E-state index contributed by atoms with van der Waals surface area (Å²) in [7, 11) is 0. The first kappa shape index (κ1) is 13.1. The van der Waals surface area contributed by atoms with Crippen LogP contribution in [0.15, 0.2) is 54.6 Å². The fourth-order valence-electron chi connectivity index (χ4n) is 1.79. The molecule has 1 nitrogen and oxygen atoms in total. The molecule has 0 saturated carbocycles. The Hall–Kier alpha value is -1.32. The summed E-state index contributed by atoms with van der Waals surface area (Å²) in [6.07, 6.45) is 0. The molecular formula is C15H16FNS. The van der Waals surface area contributed by atoms with Crippen molar-refractivity contribution in [2.75, 3.05) is 6.54 Å². The molecule has 0 aromatic heterocycles. The lowest BCUT2D eigenvalue weighted by atomic mass is 10.1. The molecule has 18 heavy (non-hydrogen) atoms. The zero-order chi connectivity index (χ0) is 12.8. The lowest BCUT2D eigenvalue weighted by Crippen LogP contribution is -2.11. The zero-order valence-electron chi connectivity index (χ0n) is 10.1. The van der Waals surface area contributed by atoms with E-state index in [2.05, 4.69) is 12.1 Å². The average Bonchev–Trinajstić information content (AvgIpc) is 2.42. The standard InChI is InChI=1S/C15H16FNS/c16-14-9-5-4-8-13(14)15(10-17)18-11-12-6-2-1-3-7-12/h1-9,15H,10-11,17H2. The molecule has 2 aromatic carbocycles. The number of benzene rings is 2. The monoisotopic (exact) mass is 261 g/mol. The molecule has 94 valence electrons. The van der Waals surface area contributed by atoms with Gasteiger partial charge in [-0.2, -0.15) is 0 Å². The van der Waals surface area contributed by atoms with E-state index in [1.54, 1.807) is 17.8 Å². The Balaban J connectivity index is 2.04. The Morgan fingerprint density at radius 2 is 1.67 bits per heavy atom. The molecule has 1 unspecified atom stereocenters. The second-order valence-corrected chi connectivity index (χ2v) is 5.23. The first-order chi connectivity index (χ1) is 8.81. The number of halogens is 1. The van der Waals surface area contributed by atoms with Gasteiger partial charge in [-0.1, -0.05) is 48.5 Å². The van der Waals surface area contributed by atoms with Crippen LogP contribution >= 0.6 is 11.8 Å². The Morgan fingerprint density at radius 1 is 1.00 bits per heavy atom. The van der Waals surface area contributed by atoms with Crippen molar-refractivity contribution in [2.45, 2.75) is 11.0 Å². The van der Waals surface area contributed by atoms with Gasteiger partial charge in [0.1, 0.15) is 5.82 Å². The van der Waals surface area contributed by atoms with E-state index >= 15 is 0 Å². The van der Waals surface area contributed by atoms with Crippen LogP contribution in [-0.4, -0.2) is 6.54 Å². The predicted molar refractivity (Wildman–Crippen MR) is 75.9 cm³/mol. The van der Waals surface area contributed by atoms with Gasteiger partial charge in [0.2, 0.25) is 0 Å². The van der Waals surface area contributed by atoms with Crippen LogP contribution in [-0.2, 0) is 5.75 Å². The molecule has 0 aliphatic heterocycles. The number of hydrogen-bond acceptors (Lipinski definition) is 2. The van der Waals surface area contributed by atoms with Crippen LogP contribution in [0.25, 0.3) is 0 Å². The fraction of sp³-hybridized carbons (Fsp3) is 0.200. The molecule has 1 atom stereocenters. The molecule has 0 spiro atoms. The maximum Gasteiger partial charge on any atom is 0.127 e. The van der Waals surface area contributed by atoms with E-state index in [0.29, 0.717) is 12.1 Å². The van der Waals surface area contributed by atoms with Crippen molar-refractivity contribution in [3.8, 4) is 0 Å². The first-order valence-corrected chi connectivity index (χ1v) is 6.96. The summed E-state index contributed by atoms with van der Waals surface area (Å²) in [6, 6.07) is 17.0. The van der Waals surface area contributed by atoms with Crippen LogP contribution in [0.1, 0.15) is 16.4 Å². The molecule has 3 heteroatoms.